The molecule has 3 aliphatic rings. The number of nitrogens with one attached hydrogen (secondary N) is 2. The van der Waals surface area contributed by atoms with Gasteiger partial charge in [0.25, 0.3) is 11.8 Å². The minimum absolute atomic E-state index is 0.105. The topological polar surface area (TPSA) is 148 Å². The number of aliphatic hydroxyl groups is 1. The van der Waals surface area contributed by atoms with Gasteiger partial charge in [0, 0.05) is 49.8 Å². The van der Waals surface area contributed by atoms with E-state index >= 15 is 0 Å². The average Bonchev–Trinajstić information content (AvgIpc) is 3.99. The van der Waals surface area contributed by atoms with Crippen LogP contribution in [-0.2, 0) is 24.3 Å². The van der Waals surface area contributed by atoms with Crippen LogP contribution in [-0.4, -0.2) is 80.0 Å². The fraction of sp³-hybridized carbons (Fsp3) is 0.375. The van der Waals surface area contributed by atoms with Gasteiger partial charge in [-0.3, -0.25) is 34.2 Å². The van der Waals surface area contributed by atoms with E-state index in [1.54, 1.807) is 18.5 Å². The molecular formula is C40H43ClN6O5. The third-order valence-electron chi connectivity index (χ3n) is 10.5. The van der Waals surface area contributed by atoms with Gasteiger partial charge in [-0.15, -0.1) is 0 Å². The fourth-order valence-corrected chi connectivity index (χ4v) is 7.71. The zero-order valence-electron chi connectivity index (χ0n) is 29.2. The van der Waals surface area contributed by atoms with Gasteiger partial charge in [0.15, 0.2) is 0 Å². The molecule has 4 aromatic rings. The van der Waals surface area contributed by atoms with Gasteiger partial charge < -0.3 is 20.8 Å². The predicted molar refractivity (Wildman–Crippen MR) is 200 cm³/mol. The molecule has 11 nitrogen and oxygen atoms in total. The van der Waals surface area contributed by atoms with Crippen LogP contribution >= 0.6 is 11.6 Å². The summed E-state index contributed by atoms with van der Waals surface area (Å²) in [7, 11) is 0. The largest absolute Gasteiger partial charge is 0.480 e. The van der Waals surface area contributed by atoms with E-state index in [1.165, 1.54) is 0 Å². The Hall–Kier alpha value is -4.68. The zero-order chi connectivity index (χ0) is 36.4. The monoisotopic (exact) mass is 722 g/mol. The van der Waals surface area contributed by atoms with Gasteiger partial charge in [-0.1, -0.05) is 42.3 Å². The predicted octanol–water partition coefficient (Wildman–Crippen LogP) is 6.28. The number of pyridine rings is 2. The van der Waals surface area contributed by atoms with Crippen LogP contribution < -0.4 is 10.6 Å². The molecule has 1 atom stereocenters. The van der Waals surface area contributed by atoms with Crippen LogP contribution in [0.5, 0.6) is 0 Å². The Morgan fingerprint density at radius 1 is 0.885 bits per heavy atom. The Morgan fingerprint density at radius 2 is 1.60 bits per heavy atom. The normalized spacial score (nSPS) is 17.7. The van der Waals surface area contributed by atoms with Crippen molar-refractivity contribution in [1.29, 1.82) is 0 Å². The molecule has 7 rings (SSSR count). The third-order valence-corrected chi connectivity index (χ3v) is 10.9. The lowest BCUT2D eigenvalue weighted by molar-refractivity contribution is -0.144. The Kier molecular flexibility index (Phi) is 10.7. The maximum absolute atomic E-state index is 13.6. The highest BCUT2D eigenvalue weighted by molar-refractivity contribution is 6.36. The number of aliphatic hydroxyl groups excluding tert-OH is 1. The third kappa shape index (κ3) is 7.73. The molecule has 0 bridgehead atoms. The molecule has 2 amide bonds. The molecule has 2 fully saturated rings. The number of hydrogen-bond acceptors (Lipinski definition) is 8. The van der Waals surface area contributed by atoms with Crippen molar-refractivity contribution in [3.8, 4) is 11.1 Å². The molecule has 4 heterocycles. The summed E-state index contributed by atoms with van der Waals surface area (Å²) < 4.78 is 0. The van der Waals surface area contributed by atoms with E-state index in [0.717, 1.165) is 78.6 Å². The second-order valence-corrected chi connectivity index (χ2v) is 14.4. The standard InChI is InChI=1S/C40H43ClN6O5/c1-24-29(30-7-5-9-33(37(30)41)45-38(49)34-18-26-13-15-46(16-17-48)22-27(26)20-42-34)6-4-8-32(24)44-39(50)35-19-31(25-11-12-25)28(21-43-35)23-47-14-3-2-10-36(47)40(51)52/h4-9,18-21,25,36,48H,2-3,10-17,22-23H2,1H3,(H,44,50)(H,45,49)(H,51,52). The lowest BCUT2D eigenvalue weighted by atomic mass is 9.98. The second kappa shape index (κ2) is 15.5. The molecule has 2 aliphatic heterocycles. The van der Waals surface area contributed by atoms with Crippen LogP contribution in [0, 0.1) is 6.92 Å². The van der Waals surface area contributed by atoms with Crippen LogP contribution in [0.2, 0.25) is 5.02 Å². The van der Waals surface area contributed by atoms with Crippen molar-refractivity contribution in [2.75, 3.05) is 36.9 Å². The molecule has 2 aromatic heterocycles. The fourth-order valence-electron chi connectivity index (χ4n) is 7.44. The number of amides is 2. The molecule has 0 spiro atoms. The van der Waals surface area contributed by atoms with E-state index in [4.69, 9.17) is 11.6 Å². The van der Waals surface area contributed by atoms with Gasteiger partial charge >= 0.3 is 5.97 Å². The number of likely N-dealkylation sites (tertiary alicyclic amines) is 1. The van der Waals surface area contributed by atoms with Crippen LogP contribution in [0.15, 0.2) is 60.9 Å². The number of piperidine rings is 1. The number of aliphatic carboxylic acids is 1. The van der Waals surface area contributed by atoms with Crippen molar-refractivity contribution >= 4 is 40.8 Å². The first kappa shape index (κ1) is 35.7. The molecule has 12 heteroatoms. The molecule has 4 N–H and O–H groups in total. The number of nitrogens with zero attached hydrogens (tertiary/aromatic N) is 4. The number of aromatic nitrogens is 2. The molecular weight excluding hydrogens is 680 g/mol. The number of rotatable bonds is 11. The van der Waals surface area contributed by atoms with Gasteiger partial charge in [0.05, 0.1) is 17.3 Å². The van der Waals surface area contributed by atoms with Gasteiger partial charge in [-0.25, -0.2) is 0 Å². The highest BCUT2D eigenvalue weighted by atomic mass is 35.5. The van der Waals surface area contributed by atoms with E-state index in [1.807, 2.05) is 54.3 Å². The van der Waals surface area contributed by atoms with Crippen molar-refractivity contribution in [3.63, 3.8) is 0 Å². The average molecular weight is 723 g/mol. The zero-order valence-corrected chi connectivity index (χ0v) is 30.0. The van der Waals surface area contributed by atoms with E-state index in [9.17, 15) is 24.6 Å². The molecule has 1 aliphatic carbocycles. The maximum atomic E-state index is 13.6. The number of carboxylic acids is 1. The Morgan fingerprint density at radius 3 is 2.35 bits per heavy atom. The van der Waals surface area contributed by atoms with E-state index in [-0.39, 0.29) is 18.4 Å². The van der Waals surface area contributed by atoms with Crippen molar-refractivity contribution in [3.05, 3.63) is 105 Å². The Balaban J connectivity index is 1.07. The number of hydrogen-bond donors (Lipinski definition) is 4. The second-order valence-electron chi connectivity index (χ2n) is 14.0. The SMILES string of the molecule is Cc1c(NC(=O)c2cc(C3CC3)c(CN3CCCCC3C(=O)O)cn2)cccc1-c1cccc(NC(=O)c2cc3c(cn2)CN(CCO)CC3)c1Cl. The van der Waals surface area contributed by atoms with Crippen molar-refractivity contribution in [2.24, 2.45) is 0 Å². The van der Waals surface area contributed by atoms with Crippen LogP contribution in [0.25, 0.3) is 11.1 Å². The number of benzene rings is 2. The van der Waals surface area contributed by atoms with Crippen LogP contribution in [0.1, 0.15) is 86.8 Å². The van der Waals surface area contributed by atoms with Gasteiger partial charge in [-0.05, 0) is 109 Å². The first-order chi connectivity index (χ1) is 25.2. The summed E-state index contributed by atoms with van der Waals surface area (Å²) in [6, 6.07) is 14.2. The van der Waals surface area contributed by atoms with Crippen LogP contribution in [0.4, 0.5) is 11.4 Å². The van der Waals surface area contributed by atoms with E-state index < -0.39 is 12.0 Å². The summed E-state index contributed by atoms with van der Waals surface area (Å²) in [6.45, 7) is 5.37. The lowest BCUT2D eigenvalue weighted by Crippen LogP contribution is -2.44. The van der Waals surface area contributed by atoms with Crippen molar-refractivity contribution < 1.29 is 24.6 Å². The molecule has 52 heavy (non-hydrogen) atoms. The first-order valence-corrected chi connectivity index (χ1v) is 18.4. The number of halogens is 1. The molecule has 2 aromatic carbocycles. The summed E-state index contributed by atoms with van der Waals surface area (Å²) in [5, 5.41) is 25.4. The number of carbonyl (C=O) groups excluding carboxylic acids is 2. The number of carbonyl (C=O) groups is 3. The van der Waals surface area contributed by atoms with E-state index in [2.05, 4.69) is 25.5 Å². The Bertz CT molecular complexity index is 2020. The molecule has 1 unspecified atom stereocenters. The number of β-amino-alcohol motifs (C(OH)–C–C–N with tert-alkyl or cyclic N) is 1. The van der Waals surface area contributed by atoms with Crippen molar-refractivity contribution in [2.45, 2.75) is 70.5 Å². The quantitative estimate of drug-likeness (QED) is 0.141. The highest BCUT2D eigenvalue weighted by Crippen LogP contribution is 2.43. The maximum Gasteiger partial charge on any atom is 0.320 e. The minimum atomic E-state index is -0.789. The Labute approximate surface area is 308 Å². The van der Waals surface area contributed by atoms with Gasteiger partial charge in [0.2, 0.25) is 0 Å². The highest BCUT2D eigenvalue weighted by Gasteiger charge is 2.32. The molecule has 270 valence electrons. The smallest absolute Gasteiger partial charge is 0.320 e. The summed E-state index contributed by atoms with van der Waals surface area (Å²) in [4.78, 5) is 52.0. The lowest BCUT2D eigenvalue weighted by Gasteiger charge is -2.33. The molecule has 1 saturated carbocycles. The van der Waals surface area contributed by atoms with Crippen LogP contribution in [0.3, 0.4) is 0 Å². The summed E-state index contributed by atoms with van der Waals surface area (Å²) in [6.07, 6.45) is 8.85. The first-order valence-electron chi connectivity index (χ1n) is 18.0. The van der Waals surface area contributed by atoms with E-state index in [0.29, 0.717) is 65.3 Å². The summed E-state index contributed by atoms with van der Waals surface area (Å²) >= 11 is 6.93. The summed E-state index contributed by atoms with van der Waals surface area (Å²) in [5.41, 5.74) is 8.16. The number of anilines is 2. The molecule has 1 saturated heterocycles. The number of fused-ring (bicyclic) bond motifs is 1. The molecule has 0 radical (unpaired) electrons. The van der Waals surface area contributed by atoms with Gasteiger partial charge in [-0.2, -0.15) is 0 Å². The van der Waals surface area contributed by atoms with Gasteiger partial charge in [0.1, 0.15) is 17.4 Å². The minimum Gasteiger partial charge on any atom is -0.480 e. The summed E-state index contributed by atoms with van der Waals surface area (Å²) in [5.74, 6) is -1.13. The van der Waals surface area contributed by atoms with Crippen molar-refractivity contribution in [1.82, 2.24) is 19.8 Å². The number of carboxylic acid groups (broad SMARTS) is 1.